The van der Waals surface area contributed by atoms with Gasteiger partial charge in [-0.2, -0.15) is 4.31 Å². The minimum Gasteiger partial charge on any atom is -0.411 e. The van der Waals surface area contributed by atoms with Crippen LogP contribution in [0.1, 0.15) is 58.6 Å². The lowest BCUT2D eigenvalue weighted by atomic mass is 9.76. The van der Waals surface area contributed by atoms with Crippen molar-refractivity contribution < 1.29 is 12.8 Å². The molecule has 0 bridgehead atoms. The Hall–Kier alpha value is -2.17. The number of nitrogens with zero attached hydrogens (tertiary/aromatic N) is 1. The van der Waals surface area contributed by atoms with E-state index in [1.807, 2.05) is 49.4 Å². The van der Waals surface area contributed by atoms with E-state index in [9.17, 15) is 8.42 Å². The van der Waals surface area contributed by atoms with Gasteiger partial charge in [0.25, 0.3) is 0 Å². The fraction of sp³-hybridized carbons (Fsp3) is 0.484. The van der Waals surface area contributed by atoms with Crippen LogP contribution in [0, 0.1) is 24.2 Å². The Balaban J connectivity index is 1.94. The zero-order valence-electron chi connectivity index (χ0n) is 23.8. The molecular formula is C31H43NO3SSi. The molecule has 200 valence electrons. The van der Waals surface area contributed by atoms with E-state index in [0.717, 1.165) is 29.5 Å². The molecule has 0 saturated heterocycles. The topological polar surface area (TPSA) is 46.6 Å². The summed E-state index contributed by atoms with van der Waals surface area (Å²) in [6, 6.07) is 16.7. The molecule has 0 aromatic heterocycles. The third kappa shape index (κ3) is 7.91. The molecule has 1 aliphatic rings. The summed E-state index contributed by atoms with van der Waals surface area (Å²) < 4.78 is 35.8. The van der Waals surface area contributed by atoms with Crippen molar-refractivity contribution in [3.05, 3.63) is 77.4 Å². The Kier molecular flexibility index (Phi) is 8.96. The van der Waals surface area contributed by atoms with Crippen LogP contribution in [0.4, 0.5) is 0 Å². The van der Waals surface area contributed by atoms with Gasteiger partial charge in [-0.05, 0) is 67.6 Å². The minimum atomic E-state index is -3.73. The van der Waals surface area contributed by atoms with Crippen molar-refractivity contribution in [2.24, 2.45) is 5.41 Å². The zero-order valence-corrected chi connectivity index (χ0v) is 25.6. The molecule has 2 aromatic rings. The molecule has 1 unspecified atom stereocenters. The fourth-order valence-electron chi connectivity index (χ4n) is 4.41. The second kappa shape index (κ2) is 11.3. The van der Waals surface area contributed by atoms with Crippen molar-refractivity contribution in [3.63, 3.8) is 0 Å². The van der Waals surface area contributed by atoms with Gasteiger partial charge in [0, 0.05) is 12.1 Å². The Labute approximate surface area is 226 Å². The molecule has 1 atom stereocenters. The lowest BCUT2D eigenvalue weighted by molar-refractivity contribution is 0.142. The van der Waals surface area contributed by atoms with Gasteiger partial charge in [-0.1, -0.05) is 94.0 Å². The van der Waals surface area contributed by atoms with Crippen molar-refractivity contribution in [3.8, 4) is 11.8 Å². The summed E-state index contributed by atoms with van der Waals surface area (Å²) in [6.07, 6.45) is 3.94. The van der Waals surface area contributed by atoms with Gasteiger partial charge in [-0.15, -0.1) is 0 Å². The van der Waals surface area contributed by atoms with Crippen molar-refractivity contribution in [1.29, 1.82) is 0 Å². The van der Waals surface area contributed by atoms with Crippen LogP contribution in [0.2, 0.25) is 18.1 Å². The smallest absolute Gasteiger partial charge is 0.244 e. The number of hydrogen-bond acceptors (Lipinski definition) is 3. The number of benzene rings is 2. The van der Waals surface area contributed by atoms with E-state index in [0.29, 0.717) is 11.4 Å². The van der Waals surface area contributed by atoms with E-state index in [1.54, 1.807) is 12.1 Å². The summed E-state index contributed by atoms with van der Waals surface area (Å²) in [5.41, 5.74) is 3.01. The predicted molar refractivity (Wildman–Crippen MR) is 156 cm³/mol. The molecule has 0 fully saturated rings. The number of hydrogen-bond donors (Lipinski definition) is 0. The van der Waals surface area contributed by atoms with Gasteiger partial charge in [0.15, 0.2) is 8.32 Å². The average molecular weight is 538 g/mol. The first-order chi connectivity index (χ1) is 17.1. The molecule has 6 heteroatoms. The zero-order chi connectivity index (χ0) is 27.5. The third-order valence-electron chi connectivity index (χ3n) is 7.43. The van der Waals surface area contributed by atoms with Crippen LogP contribution in [0.25, 0.3) is 0 Å². The van der Waals surface area contributed by atoms with Crippen molar-refractivity contribution in [1.82, 2.24) is 4.31 Å². The summed E-state index contributed by atoms with van der Waals surface area (Å²) in [4.78, 5) is 0.296. The first-order valence-corrected chi connectivity index (χ1v) is 17.4. The van der Waals surface area contributed by atoms with Crippen LogP contribution in [-0.4, -0.2) is 40.2 Å². The van der Waals surface area contributed by atoms with Gasteiger partial charge >= 0.3 is 0 Å². The van der Waals surface area contributed by atoms with Crippen LogP contribution in [0.3, 0.4) is 0 Å². The molecule has 0 heterocycles. The first kappa shape index (κ1) is 29.4. The maximum Gasteiger partial charge on any atom is 0.244 e. The molecule has 0 saturated carbocycles. The molecule has 2 aromatic carbocycles. The van der Waals surface area contributed by atoms with Gasteiger partial charge in [-0.25, -0.2) is 8.42 Å². The highest BCUT2D eigenvalue weighted by molar-refractivity contribution is 7.89. The van der Waals surface area contributed by atoms with Crippen molar-refractivity contribution >= 4 is 18.3 Å². The van der Waals surface area contributed by atoms with E-state index in [-0.39, 0.29) is 23.1 Å². The first-order valence-electron chi connectivity index (χ1n) is 13.1. The SMILES string of the molecule is Cc1ccc(S(=O)(=O)N(CC#Cc2ccccc2)CC2=CC(O[Si](C)(C)C(C)(C)C)CC(C)(C)C2)cc1. The van der Waals surface area contributed by atoms with E-state index >= 15 is 0 Å². The second-order valence-corrected chi connectivity index (χ2v) is 19.2. The summed E-state index contributed by atoms with van der Waals surface area (Å²) in [7, 11) is -5.70. The predicted octanol–water partition coefficient (Wildman–Crippen LogP) is 7.17. The third-order valence-corrected chi connectivity index (χ3v) is 13.7. The number of sulfonamides is 1. The lowest BCUT2D eigenvalue weighted by Gasteiger charge is -2.43. The molecule has 0 spiro atoms. The molecule has 0 radical (unpaired) electrons. The highest BCUT2D eigenvalue weighted by Crippen LogP contribution is 2.42. The van der Waals surface area contributed by atoms with Crippen LogP contribution in [0.5, 0.6) is 0 Å². The second-order valence-electron chi connectivity index (χ2n) is 12.5. The summed E-state index contributed by atoms with van der Waals surface area (Å²) in [5.74, 6) is 6.24. The van der Waals surface area contributed by atoms with E-state index in [2.05, 4.69) is 65.6 Å². The maximum absolute atomic E-state index is 13.8. The van der Waals surface area contributed by atoms with Gasteiger partial charge in [0.05, 0.1) is 17.5 Å². The molecule has 37 heavy (non-hydrogen) atoms. The lowest BCUT2D eigenvalue weighted by Crippen LogP contribution is -2.45. The van der Waals surface area contributed by atoms with Gasteiger partial charge < -0.3 is 4.43 Å². The highest BCUT2D eigenvalue weighted by atomic mass is 32.2. The van der Waals surface area contributed by atoms with E-state index in [1.165, 1.54) is 4.31 Å². The molecule has 3 rings (SSSR count). The molecule has 0 amide bonds. The van der Waals surface area contributed by atoms with Gasteiger partial charge in [-0.3, -0.25) is 0 Å². The molecule has 4 nitrogen and oxygen atoms in total. The summed E-state index contributed by atoms with van der Waals surface area (Å²) in [6.45, 7) is 18.2. The number of rotatable bonds is 7. The molecule has 0 N–H and O–H groups in total. The van der Waals surface area contributed by atoms with Crippen molar-refractivity contribution in [2.75, 3.05) is 13.1 Å². The largest absolute Gasteiger partial charge is 0.411 e. The van der Waals surface area contributed by atoms with Gasteiger partial charge in [0.2, 0.25) is 10.0 Å². The summed E-state index contributed by atoms with van der Waals surface area (Å²) >= 11 is 0. The highest BCUT2D eigenvalue weighted by Gasteiger charge is 2.41. The van der Waals surface area contributed by atoms with Crippen LogP contribution < -0.4 is 0 Å². The minimum absolute atomic E-state index is 0.0148. The van der Waals surface area contributed by atoms with Gasteiger partial charge in [0.1, 0.15) is 0 Å². The molecule has 0 aliphatic heterocycles. The monoisotopic (exact) mass is 537 g/mol. The normalized spacial score (nSPS) is 18.2. The Morgan fingerprint density at radius 3 is 2.27 bits per heavy atom. The molecule has 1 aliphatic carbocycles. The Bertz CT molecular complexity index is 1260. The number of aryl methyl sites for hydroxylation is 1. The van der Waals surface area contributed by atoms with Crippen molar-refractivity contribution in [2.45, 2.75) is 83.5 Å². The maximum atomic E-state index is 13.8. The van der Waals surface area contributed by atoms with E-state index in [4.69, 9.17) is 4.43 Å². The average Bonchev–Trinajstić information content (AvgIpc) is 2.77. The Morgan fingerprint density at radius 2 is 1.68 bits per heavy atom. The van der Waals surface area contributed by atoms with E-state index < -0.39 is 18.3 Å². The standard InChI is InChI=1S/C31H43NO3SSi/c1-25-16-18-29(19-17-25)36(33,34)32(20-12-15-26-13-10-9-11-14-26)24-27-21-28(23-31(5,6)22-27)35-37(7,8)30(2,3)4/h9-11,13-14,16-19,21,28H,20,22-24H2,1-8H3. The van der Waals surface area contributed by atoms with Crippen LogP contribution in [0.15, 0.2) is 71.1 Å². The van der Waals surface area contributed by atoms with Crippen LogP contribution >= 0.6 is 0 Å². The molecular weight excluding hydrogens is 494 g/mol. The Morgan fingerprint density at radius 1 is 1.05 bits per heavy atom. The fourth-order valence-corrected chi connectivity index (χ4v) is 7.02. The summed E-state index contributed by atoms with van der Waals surface area (Å²) in [5, 5.41) is 0.108. The quantitative estimate of drug-likeness (QED) is 0.214. The van der Waals surface area contributed by atoms with Crippen LogP contribution in [-0.2, 0) is 14.4 Å².